The number of imide groups is 1. The topological polar surface area (TPSA) is 96.3 Å². The number of ether oxygens (including phenoxy) is 1. The first-order valence-electron chi connectivity index (χ1n) is 11.6. The molecule has 0 aliphatic carbocycles. The van der Waals surface area contributed by atoms with E-state index >= 15 is 0 Å². The van der Waals surface area contributed by atoms with Gasteiger partial charge in [-0.25, -0.2) is 9.69 Å². The summed E-state index contributed by atoms with van der Waals surface area (Å²) in [4.78, 5) is 55.3. The van der Waals surface area contributed by atoms with Crippen LogP contribution in [0.4, 0.5) is 5.69 Å². The van der Waals surface area contributed by atoms with Crippen LogP contribution in [0.25, 0.3) is 0 Å². The first-order valence-corrected chi connectivity index (χ1v) is 11.6. The van der Waals surface area contributed by atoms with Crippen molar-refractivity contribution in [2.45, 2.75) is 12.1 Å². The van der Waals surface area contributed by atoms with Crippen LogP contribution in [0, 0.1) is 11.8 Å². The number of carbonyl (C=O) groups excluding carboxylic acids is 4. The lowest BCUT2D eigenvalue weighted by molar-refractivity contribution is -0.124. The van der Waals surface area contributed by atoms with Gasteiger partial charge < -0.3 is 4.74 Å². The summed E-state index contributed by atoms with van der Waals surface area (Å²) in [5.74, 6) is -3.75. The van der Waals surface area contributed by atoms with Gasteiger partial charge in [0.25, 0.3) is 0 Å². The number of ketones is 1. The molecule has 6 rings (SSSR count). The molecule has 4 atom stereocenters. The molecule has 8 nitrogen and oxygen atoms in total. The molecular formula is C28H21N3O5. The van der Waals surface area contributed by atoms with Gasteiger partial charge in [0, 0.05) is 5.56 Å². The molecule has 36 heavy (non-hydrogen) atoms. The second kappa shape index (κ2) is 8.27. The Bertz CT molecular complexity index is 1450. The number of methoxy groups -OCH3 is 1. The average Bonchev–Trinajstić information content (AvgIpc) is 3.40. The third kappa shape index (κ3) is 3.04. The van der Waals surface area contributed by atoms with Crippen LogP contribution in [0.15, 0.2) is 84.0 Å². The fourth-order valence-corrected chi connectivity index (χ4v) is 5.63. The highest BCUT2D eigenvalue weighted by molar-refractivity contribution is 6.26. The smallest absolute Gasteiger partial charge is 0.339 e. The van der Waals surface area contributed by atoms with E-state index in [-0.39, 0.29) is 17.0 Å². The molecule has 3 aliphatic heterocycles. The zero-order valence-corrected chi connectivity index (χ0v) is 19.3. The Morgan fingerprint density at radius 3 is 2.28 bits per heavy atom. The third-order valence-electron chi connectivity index (χ3n) is 7.17. The molecule has 0 aromatic heterocycles. The lowest BCUT2D eigenvalue weighted by Crippen LogP contribution is -2.45. The molecule has 8 heteroatoms. The van der Waals surface area contributed by atoms with Crippen molar-refractivity contribution >= 4 is 35.5 Å². The van der Waals surface area contributed by atoms with Gasteiger partial charge in [0.05, 0.1) is 42.5 Å². The van der Waals surface area contributed by atoms with E-state index in [2.05, 4.69) is 5.10 Å². The van der Waals surface area contributed by atoms with Gasteiger partial charge in [-0.2, -0.15) is 5.10 Å². The van der Waals surface area contributed by atoms with E-state index in [0.717, 1.165) is 16.0 Å². The van der Waals surface area contributed by atoms with Crippen LogP contribution >= 0.6 is 0 Å². The van der Waals surface area contributed by atoms with Gasteiger partial charge in [-0.15, -0.1) is 0 Å². The molecule has 3 aromatic carbocycles. The number of carbonyl (C=O) groups is 4. The number of hydrogen-bond acceptors (Lipinski definition) is 7. The zero-order chi connectivity index (χ0) is 25.0. The summed E-state index contributed by atoms with van der Waals surface area (Å²) >= 11 is 0. The molecule has 2 amide bonds. The van der Waals surface area contributed by atoms with Gasteiger partial charge in [-0.1, -0.05) is 66.7 Å². The molecule has 0 radical (unpaired) electrons. The minimum Gasteiger partial charge on any atom is -0.465 e. The summed E-state index contributed by atoms with van der Waals surface area (Å²) in [6.07, 6.45) is 1.66. The van der Waals surface area contributed by atoms with Crippen LogP contribution in [0.2, 0.25) is 0 Å². The van der Waals surface area contributed by atoms with Crippen LogP contribution in [-0.2, 0) is 14.3 Å². The molecule has 3 aromatic rings. The Labute approximate surface area is 206 Å². The molecule has 2 fully saturated rings. The fraction of sp³-hybridized carbons (Fsp3) is 0.179. The molecule has 178 valence electrons. The number of hydrogen-bond donors (Lipinski definition) is 0. The van der Waals surface area contributed by atoms with Crippen molar-refractivity contribution in [1.82, 2.24) is 5.01 Å². The predicted molar refractivity (Wildman–Crippen MR) is 130 cm³/mol. The zero-order valence-electron chi connectivity index (χ0n) is 19.3. The number of nitrogens with zero attached hydrogens (tertiary/aromatic N) is 3. The number of rotatable bonds is 4. The van der Waals surface area contributed by atoms with E-state index in [9.17, 15) is 19.2 Å². The second-order valence-corrected chi connectivity index (χ2v) is 8.95. The van der Waals surface area contributed by atoms with Crippen molar-refractivity contribution in [1.29, 1.82) is 0 Å². The molecular weight excluding hydrogens is 458 g/mol. The largest absolute Gasteiger partial charge is 0.465 e. The maximum Gasteiger partial charge on any atom is 0.339 e. The number of amides is 2. The number of para-hydroxylation sites is 1. The SMILES string of the molecule is COC(=O)c1ccccc1N1C(=O)[C@@H]2[C@H](C1=O)[C@@H]1c3ccccc3C=NN1[C@@H]2C(=O)c1ccccc1. The van der Waals surface area contributed by atoms with E-state index in [0.29, 0.717) is 5.56 Å². The van der Waals surface area contributed by atoms with Crippen molar-refractivity contribution in [2.75, 3.05) is 12.0 Å². The molecule has 0 spiro atoms. The first kappa shape index (κ1) is 21.9. The van der Waals surface area contributed by atoms with Gasteiger partial charge in [0.1, 0.15) is 6.04 Å². The van der Waals surface area contributed by atoms with Gasteiger partial charge in [0.15, 0.2) is 5.78 Å². The Balaban J connectivity index is 1.51. The van der Waals surface area contributed by atoms with E-state index in [1.807, 2.05) is 30.3 Å². The van der Waals surface area contributed by atoms with E-state index in [1.54, 1.807) is 53.7 Å². The Morgan fingerprint density at radius 1 is 0.833 bits per heavy atom. The highest BCUT2D eigenvalue weighted by Crippen LogP contribution is 2.53. The number of fused-ring (bicyclic) bond motifs is 5. The van der Waals surface area contributed by atoms with Crippen LogP contribution in [-0.4, -0.2) is 47.9 Å². The van der Waals surface area contributed by atoms with Crippen molar-refractivity contribution < 1.29 is 23.9 Å². The van der Waals surface area contributed by atoms with Gasteiger partial charge in [-0.3, -0.25) is 19.4 Å². The van der Waals surface area contributed by atoms with Crippen molar-refractivity contribution in [3.63, 3.8) is 0 Å². The van der Waals surface area contributed by atoms with Crippen LogP contribution in [0.5, 0.6) is 0 Å². The van der Waals surface area contributed by atoms with Gasteiger partial charge in [-0.05, 0) is 23.3 Å². The number of Topliss-reactive ketones (excluding diaryl/α,β-unsaturated/α-hetero) is 1. The summed E-state index contributed by atoms with van der Waals surface area (Å²) in [6.45, 7) is 0. The van der Waals surface area contributed by atoms with Gasteiger partial charge >= 0.3 is 5.97 Å². The maximum absolute atomic E-state index is 14.0. The Kier molecular flexibility index (Phi) is 5.03. The van der Waals surface area contributed by atoms with Crippen LogP contribution in [0.3, 0.4) is 0 Å². The number of anilines is 1. The minimum atomic E-state index is -0.973. The lowest BCUT2D eigenvalue weighted by atomic mass is 9.83. The summed E-state index contributed by atoms with van der Waals surface area (Å²) in [6, 6.07) is 21.0. The summed E-state index contributed by atoms with van der Waals surface area (Å²) in [5.41, 5.74) is 2.35. The summed E-state index contributed by atoms with van der Waals surface area (Å²) in [5, 5.41) is 6.18. The van der Waals surface area contributed by atoms with Gasteiger partial charge in [0.2, 0.25) is 11.8 Å². The maximum atomic E-state index is 14.0. The summed E-state index contributed by atoms with van der Waals surface area (Å²) < 4.78 is 4.88. The molecule has 0 unspecified atom stereocenters. The van der Waals surface area contributed by atoms with E-state index < -0.39 is 41.7 Å². The quantitative estimate of drug-likeness (QED) is 0.324. The minimum absolute atomic E-state index is 0.103. The average molecular weight is 479 g/mol. The lowest BCUT2D eigenvalue weighted by Gasteiger charge is -2.34. The molecule has 0 saturated carbocycles. The Hall–Kier alpha value is -4.59. The molecule has 3 aliphatic rings. The Morgan fingerprint density at radius 2 is 1.50 bits per heavy atom. The first-order chi connectivity index (χ1) is 17.5. The number of benzene rings is 3. The van der Waals surface area contributed by atoms with E-state index in [4.69, 9.17) is 4.74 Å². The third-order valence-corrected chi connectivity index (χ3v) is 7.17. The van der Waals surface area contributed by atoms with Crippen LogP contribution < -0.4 is 4.90 Å². The fourth-order valence-electron chi connectivity index (χ4n) is 5.63. The van der Waals surface area contributed by atoms with Crippen molar-refractivity contribution in [3.8, 4) is 0 Å². The highest BCUT2D eigenvalue weighted by atomic mass is 16.5. The predicted octanol–water partition coefficient (Wildman–Crippen LogP) is 3.23. The van der Waals surface area contributed by atoms with Crippen molar-refractivity contribution in [3.05, 3.63) is 101 Å². The molecule has 0 N–H and O–H groups in total. The summed E-state index contributed by atoms with van der Waals surface area (Å²) in [7, 11) is 1.24. The number of hydrazone groups is 1. The second-order valence-electron chi connectivity index (χ2n) is 8.95. The standard InChI is InChI=1S/C28H21N3O5/c1-36-28(35)19-13-7-8-14-20(19)30-26(33)21-22(27(30)34)24(25(32)16-9-3-2-4-10-16)31-23(21)18-12-6-5-11-17(18)15-29-31/h2-15,21-24H,1H3/t21-,22+,23-,24-/m0/s1. The highest BCUT2D eigenvalue weighted by Gasteiger charge is 2.65. The molecule has 3 heterocycles. The van der Waals surface area contributed by atoms with Crippen molar-refractivity contribution in [2.24, 2.45) is 16.9 Å². The normalized spacial score (nSPS) is 23.8. The molecule has 2 saturated heterocycles. The van der Waals surface area contributed by atoms with E-state index in [1.165, 1.54) is 13.2 Å². The van der Waals surface area contributed by atoms with Crippen LogP contribution in [0.1, 0.15) is 37.9 Å². The monoisotopic (exact) mass is 479 g/mol. The number of esters is 1. The molecule has 0 bridgehead atoms.